The standard InChI is InChI=1S/C9H17NO/c1-8-4-5-9(7-10-8)3-2-6-11/h7-8,10-11H,2-6H2,1H3. The highest BCUT2D eigenvalue weighted by Gasteiger charge is 2.07. The molecule has 0 fully saturated rings. The molecule has 0 saturated heterocycles. The van der Waals surface area contributed by atoms with Gasteiger partial charge in [0.25, 0.3) is 0 Å². The van der Waals surface area contributed by atoms with E-state index in [-0.39, 0.29) is 0 Å². The minimum atomic E-state index is 0.312. The van der Waals surface area contributed by atoms with E-state index in [0.29, 0.717) is 12.6 Å². The van der Waals surface area contributed by atoms with Crippen LogP contribution in [0.25, 0.3) is 0 Å². The average molecular weight is 155 g/mol. The van der Waals surface area contributed by atoms with Gasteiger partial charge in [-0.3, -0.25) is 0 Å². The summed E-state index contributed by atoms with van der Waals surface area (Å²) >= 11 is 0. The van der Waals surface area contributed by atoms with E-state index in [4.69, 9.17) is 5.11 Å². The summed E-state index contributed by atoms with van der Waals surface area (Å²) < 4.78 is 0. The van der Waals surface area contributed by atoms with Crippen LogP contribution in [0.1, 0.15) is 32.6 Å². The highest BCUT2D eigenvalue weighted by Crippen LogP contribution is 2.16. The molecule has 0 aromatic carbocycles. The third-order valence-electron chi connectivity index (χ3n) is 2.13. The Morgan fingerprint density at radius 1 is 1.73 bits per heavy atom. The van der Waals surface area contributed by atoms with Gasteiger partial charge < -0.3 is 10.4 Å². The minimum Gasteiger partial charge on any atom is -0.396 e. The number of aliphatic hydroxyl groups excluding tert-OH is 1. The predicted octanol–water partition coefficient (Wildman–Crippen LogP) is 1.41. The molecule has 0 aliphatic carbocycles. The molecule has 0 amide bonds. The van der Waals surface area contributed by atoms with Gasteiger partial charge >= 0.3 is 0 Å². The first-order valence-electron chi connectivity index (χ1n) is 4.37. The minimum absolute atomic E-state index is 0.312. The van der Waals surface area contributed by atoms with Crippen LogP contribution in [0.4, 0.5) is 0 Å². The summed E-state index contributed by atoms with van der Waals surface area (Å²) in [5, 5.41) is 11.9. The zero-order chi connectivity index (χ0) is 8.10. The maximum atomic E-state index is 8.60. The van der Waals surface area contributed by atoms with E-state index in [1.807, 2.05) is 0 Å². The first-order valence-corrected chi connectivity index (χ1v) is 4.37. The van der Waals surface area contributed by atoms with Crippen LogP contribution in [-0.4, -0.2) is 17.8 Å². The van der Waals surface area contributed by atoms with Crippen LogP contribution in [-0.2, 0) is 0 Å². The normalized spacial score (nSPS) is 24.2. The van der Waals surface area contributed by atoms with Crippen molar-refractivity contribution >= 4 is 0 Å². The van der Waals surface area contributed by atoms with Gasteiger partial charge in [-0.1, -0.05) is 5.57 Å². The Balaban J connectivity index is 2.24. The second-order valence-electron chi connectivity index (χ2n) is 3.24. The first-order chi connectivity index (χ1) is 5.33. The van der Waals surface area contributed by atoms with Crippen molar-refractivity contribution in [1.82, 2.24) is 5.32 Å². The van der Waals surface area contributed by atoms with Crippen molar-refractivity contribution in [2.75, 3.05) is 6.61 Å². The van der Waals surface area contributed by atoms with Gasteiger partial charge in [-0.15, -0.1) is 0 Å². The molecule has 64 valence electrons. The number of aliphatic hydroxyl groups is 1. The van der Waals surface area contributed by atoms with E-state index >= 15 is 0 Å². The molecule has 11 heavy (non-hydrogen) atoms. The quantitative estimate of drug-likeness (QED) is 0.646. The molecule has 2 heteroatoms. The van der Waals surface area contributed by atoms with Gasteiger partial charge in [-0.2, -0.15) is 0 Å². The third kappa shape index (κ3) is 2.93. The third-order valence-corrected chi connectivity index (χ3v) is 2.13. The van der Waals surface area contributed by atoms with Gasteiger partial charge in [0, 0.05) is 12.6 Å². The van der Waals surface area contributed by atoms with E-state index < -0.39 is 0 Å². The molecule has 0 saturated carbocycles. The van der Waals surface area contributed by atoms with Crippen LogP contribution in [0.3, 0.4) is 0 Å². The molecule has 1 aliphatic heterocycles. The van der Waals surface area contributed by atoms with Gasteiger partial charge in [-0.25, -0.2) is 0 Å². The Kier molecular flexibility index (Phi) is 3.43. The van der Waals surface area contributed by atoms with E-state index in [1.165, 1.54) is 18.4 Å². The molecule has 1 aliphatic rings. The van der Waals surface area contributed by atoms with Crippen LogP contribution in [0.15, 0.2) is 11.8 Å². The predicted molar refractivity (Wildman–Crippen MR) is 46.2 cm³/mol. The second-order valence-corrected chi connectivity index (χ2v) is 3.24. The Labute approximate surface area is 68.3 Å². The lowest BCUT2D eigenvalue weighted by Gasteiger charge is -2.20. The maximum Gasteiger partial charge on any atom is 0.0434 e. The lowest BCUT2D eigenvalue weighted by atomic mass is 10.00. The summed E-state index contributed by atoms with van der Waals surface area (Å²) in [5.74, 6) is 0. The molecule has 1 unspecified atom stereocenters. The van der Waals surface area contributed by atoms with Crippen molar-refractivity contribution < 1.29 is 5.11 Å². The highest BCUT2D eigenvalue weighted by molar-refractivity contribution is 5.05. The van der Waals surface area contributed by atoms with Gasteiger partial charge in [0.05, 0.1) is 0 Å². The first kappa shape index (κ1) is 8.60. The highest BCUT2D eigenvalue weighted by atomic mass is 16.2. The molecule has 2 nitrogen and oxygen atoms in total. The zero-order valence-electron chi connectivity index (χ0n) is 7.14. The second kappa shape index (κ2) is 4.39. The van der Waals surface area contributed by atoms with Gasteiger partial charge in [-0.05, 0) is 38.8 Å². The molecular formula is C9H17NO. The van der Waals surface area contributed by atoms with Crippen molar-refractivity contribution in [3.63, 3.8) is 0 Å². The molecule has 1 heterocycles. The van der Waals surface area contributed by atoms with Crippen LogP contribution >= 0.6 is 0 Å². The van der Waals surface area contributed by atoms with Crippen molar-refractivity contribution in [1.29, 1.82) is 0 Å². The Morgan fingerprint density at radius 2 is 2.55 bits per heavy atom. The smallest absolute Gasteiger partial charge is 0.0434 e. The molecule has 0 bridgehead atoms. The van der Waals surface area contributed by atoms with Crippen LogP contribution in [0.5, 0.6) is 0 Å². The number of allylic oxidation sites excluding steroid dienone is 1. The average Bonchev–Trinajstić information content (AvgIpc) is 2.04. The fourth-order valence-electron chi connectivity index (χ4n) is 1.32. The molecule has 2 N–H and O–H groups in total. The van der Waals surface area contributed by atoms with Crippen molar-refractivity contribution in [2.24, 2.45) is 0 Å². The number of nitrogens with one attached hydrogen (secondary N) is 1. The van der Waals surface area contributed by atoms with Crippen molar-refractivity contribution in [2.45, 2.75) is 38.6 Å². The van der Waals surface area contributed by atoms with Crippen molar-refractivity contribution in [3.05, 3.63) is 11.8 Å². The molecule has 1 atom stereocenters. The van der Waals surface area contributed by atoms with E-state index in [2.05, 4.69) is 18.4 Å². The van der Waals surface area contributed by atoms with Gasteiger partial charge in [0.1, 0.15) is 0 Å². The topological polar surface area (TPSA) is 32.3 Å². The fraction of sp³-hybridized carbons (Fsp3) is 0.778. The fourth-order valence-corrected chi connectivity index (χ4v) is 1.32. The Morgan fingerprint density at radius 3 is 3.09 bits per heavy atom. The maximum absolute atomic E-state index is 8.60. The zero-order valence-corrected chi connectivity index (χ0v) is 7.14. The van der Waals surface area contributed by atoms with Gasteiger partial charge in [0.15, 0.2) is 0 Å². The van der Waals surface area contributed by atoms with Crippen LogP contribution in [0.2, 0.25) is 0 Å². The lowest BCUT2D eigenvalue weighted by Crippen LogP contribution is -2.24. The molecule has 0 spiro atoms. The molecule has 0 radical (unpaired) electrons. The number of hydrogen-bond acceptors (Lipinski definition) is 2. The van der Waals surface area contributed by atoms with E-state index in [1.54, 1.807) is 0 Å². The molecule has 0 aromatic heterocycles. The molecular weight excluding hydrogens is 138 g/mol. The number of rotatable bonds is 3. The summed E-state index contributed by atoms with van der Waals surface area (Å²) in [5.41, 5.74) is 1.46. The van der Waals surface area contributed by atoms with E-state index in [0.717, 1.165) is 12.8 Å². The summed E-state index contributed by atoms with van der Waals surface area (Å²) in [6.07, 6.45) is 6.51. The SMILES string of the molecule is CC1CCC(CCCO)=CN1. The number of hydrogen-bond donors (Lipinski definition) is 2. The largest absolute Gasteiger partial charge is 0.396 e. The van der Waals surface area contributed by atoms with E-state index in [9.17, 15) is 0 Å². The monoisotopic (exact) mass is 155 g/mol. The summed E-state index contributed by atoms with van der Waals surface area (Å²) in [4.78, 5) is 0. The Bertz CT molecular complexity index is 142. The summed E-state index contributed by atoms with van der Waals surface area (Å²) in [7, 11) is 0. The van der Waals surface area contributed by atoms with Crippen LogP contribution in [0, 0.1) is 0 Å². The van der Waals surface area contributed by atoms with Crippen molar-refractivity contribution in [3.8, 4) is 0 Å². The summed E-state index contributed by atoms with van der Waals surface area (Å²) in [6, 6.07) is 0.632. The van der Waals surface area contributed by atoms with Crippen LogP contribution < -0.4 is 5.32 Å². The molecule has 0 aromatic rings. The molecule has 1 rings (SSSR count). The van der Waals surface area contributed by atoms with Gasteiger partial charge in [0.2, 0.25) is 0 Å². The Hall–Kier alpha value is -0.500. The lowest BCUT2D eigenvalue weighted by molar-refractivity contribution is 0.287. The summed E-state index contributed by atoms with van der Waals surface area (Å²) in [6.45, 7) is 2.51.